The number of benzene rings is 1. The number of hydrogen-bond donors (Lipinski definition) is 0. The molecule has 0 N–H and O–H groups in total. The van der Waals surface area contributed by atoms with E-state index in [0.29, 0.717) is 0 Å². The highest BCUT2D eigenvalue weighted by atomic mass is 16.5. The minimum atomic E-state index is 0.214. The standard InChI is InChI=1S/C21H31N5O/c1-18(20-8-9-22-17-23-20)25(3)16-19-6-4-5-7-21(19)27-15-14-26-12-10-24(2)11-13-26/h4-9,17-18H,10-16H2,1-3H3/t18-/m1/s1. The molecule has 0 unspecified atom stereocenters. The van der Waals surface area contributed by atoms with E-state index >= 15 is 0 Å². The molecule has 1 aromatic heterocycles. The molecule has 0 spiro atoms. The van der Waals surface area contributed by atoms with Crippen molar-refractivity contribution in [1.82, 2.24) is 24.7 Å². The van der Waals surface area contributed by atoms with Crippen LogP contribution in [0.5, 0.6) is 5.75 Å². The van der Waals surface area contributed by atoms with E-state index in [1.54, 1.807) is 12.5 Å². The SMILES string of the molecule is C[C@H](c1ccncn1)N(C)Cc1ccccc1OCCN1CCN(C)CC1. The van der Waals surface area contributed by atoms with Crippen LogP contribution in [0.15, 0.2) is 42.9 Å². The van der Waals surface area contributed by atoms with Gasteiger partial charge < -0.3 is 9.64 Å². The summed E-state index contributed by atoms with van der Waals surface area (Å²) in [4.78, 5) is 15.5. The number of hydrogen-bond acceptors (Lipinski definition) is 6. The van der Waals surface area contributed by atoms with Crippen molar-refractivity contribution < 1.29 is 4.74 Å². The molecule has 1 aromatic carbocycles. The van der Waals surface area contributed by atoms with Crippen LogP contribution in [0.4, 0.5) is 0 Å². The fourth-order valence-electron chi connectivity index (χ4n) is 3.31. The average Bonchev–Trinajstić information content (AvgIpc) is 2.71. The third-order valence-corrected chi connectivity index (χ3v) is 5.35. The topological polar surface area (TPSA) is 44.7 Å². The van der Waals surface area contributed by atoms with Crippen LogP contribution in [0.2, 0.25) is 0 Å². The molecule has 1 aliphatic rings. The lowest BCUT2D eigenvalue weighted by Gasteiger charge is -2.32. The Hall–Kier alpha value is -2.02. The van der Waals surface area contributed by atoms with Crippen molar-refractivity contribution in [2.75, 3.05) is 53.4 Å². The Labute approximate surface area is 162 Å². The monoisotopic (exact) mass is 369 g/mol. The smallest absolute Gasteiger partial charge is 0.123 e. The molecule has 3 rings (SSSR count). The van der Waals surface area contributed by atoms with Crippen LogP contribution in [0, 0.1) is 0 Å². The Morgan fingerprint density at radius 3 is 2.67 bits per heavy atom. The molecule has 2 heterocycles. The quantitative estimate of drug-likeness (QED) is 0.711. The molecule has 6 heteroatoms. The van der Waals surface area contributed by atoms with Crippen LogP contribution in [0.1, 0.15) is 24.2 Å². The lowest BCUT2D eigenvalue weighted by atomic mass is 10.1. The van der Waals surface area contributed by atoms with Gasteiger partial charge in [-0.3, -0.25) is 9.80 Å². The third-order valence-electron chi connectivity index (χ3n) is 5.35. The Balaban J connectivity index is 1.54. The zero-order valence-electron chi connectivity index (χ0n) is 16.7. The highest BCUT2D eigenvalue weighted by Gasteiger charge is 2.16. The van der Waals surface area contributed by atoms with E-state index in [0.717, 1.165) is 57.3 Å². The number of piperazine rings is 1. The second-order valence-corrected chi connectivity index (χ2v) is 7.33. The van der Waals surface area contributed by atoms with Gasteiger partial charge in [-0.15, -0.1) is 0 Å². The summed E-state index contributed by atoms with van der Waals surface area (Å²) in [5, 5.41) is 0. The minimum Gasteiger partial charge on any atom is -0.492 e. The first kappa shape index (κ1) is 19.7. The van der Waals surface area contributed by atoms with Crippen molar-refractivity contribution in [2.45, 2.75) is 19.5 Å². The summed E-state index contributed by atoms with van der Waals surface area (Å²) in [6.45, 7) is 9.22. The van der Waals surface area contributed by atoms with Crippen molar-refractivity contribution in [1.29, 1.82) is 0 Å². The van der Waals surface area contributed by atoms with Crippen LogP contribution in [-0.4, -0.2) is 78.1 Å². The summed E-state index contributed by atoms with van der Waals surface area (Å²) in [6, 6.07) is 10.5. The molecular formula is C21H31N5O. The summed E-state index contributed by atoms with van der Waals surface area (Å²) >= 11 is 0. The van der Waals surface area contributed by atoms with E-state index in [2.05, 4.69) is 63.9 Å². The van der Waals surface area contributed by atoms with Gasteiger partial charge in [0.1, 0.15) is 18.7 Å². The largest absolute Gasteiger partial charge is 0.492 e. The number of nitrogens with zero attached hydrogens (tertiary/aromatic N) is 5. The zero-order chi connectivity index (χ0) is 19.1. The number of aromatic nitrogens is 2. The van der Waals surface area contributed by atoms with Gasteiger partial charge in [0.25, 0.3) is 0 Å². The maximum atomic E-state index is 6.15. The molecule has 146 valence electrons. The highest BCUT2D eigenvalue weighted by molar-refractivity contribution is 5.33. The lowest BCUT2D eigenvalue weighted by Crippen LogP contribution is -2.45. The Morgan fingerprint density at radius 1 is 1.15 bits per heavy atom. The lowest BCUT2D eigenvalue weighted by molar-refractivity contribution is 0.133. The van der Waals surface area contributed by atoms with E-state index in [4.69, 9.17) is 4.74 Å². The van der Waals surface area contributed by atoms with E-state index in [1.165, 1.54) is 5.56 Å². The van der Waals surface area contributed by atoms with Crippen LogP contribution < -0.4 is 4.74 Å². The number of likely N-dealkylation sites (N-methyl/N-ethyl adjacent to an activating group) is 1. The second-order valence-electron chi connectivity index (χ2n) is 7.33. The predicted molar refractivity (Wildman–Crippen MR) is 108 cm³/mol. The zero-order valence-corrected chi connectivity index (χ0v) is 16.7. The molecule has 6 nitrogen and oxygen atoms in total. The van der Waals surface area contributed by atoms with E-state index < -0.39 is 0 Å². The van der Waals surface area contributed by atoms with Crippen molar-refractivity contribution in [3.8, 4) is 5.75 Å². The molecular weight excluding hydrogens is 338 g/mol. The van der Waals surface area contributed by atoms with Crippen molar-refractivity contribution in [2.24, 2.45) is 0 Å². The van der Waals surface area contributed by atoms with Gasteiger partial charge in [0, 0.05) is 57.1 Å². The van der Waals surface area contributed by atoms with Crippen LogP contribution in [0.3, 0.4) is 0 Å². The van der Waals surface area contributed by atoms with Gasteiger partial charge in [-0.05, 0) is 33.2 Å². The summed E-state index contributed by atoms with van der Waals surface area (Å²) in [5.41, 5.74) is 2.24. The normalized spacial score (nSPS) is 17.2. The van der Waals surface area contributed by atoms with E-state index in [1.807, 2.05) is 12.1 Å². The maximum Gasteiger partial charge on any atom is 0.123 e. The van der Waals surface area contributed by atoms with Gasteiger partial charge in [0.05, 0.1) is 5.69 Å². The van der Waals surface area contributed by atoms with Gasteiger partial charge in [-0.25, -0.2) is 9.97 Å². The first-order valence-electron chi connectivity index (χ1n) is 9.71. The van der Waals surface area contributed by atoms with Gasteiger partial charge >= 0.3 is 0 Å². The van der Waals surface area contributed by atoms with E-state index in [9.17, 15) is 0 Å². The summed E-state index contributed by atoms with van der Waals surface area (Å²) < 4.78 is 6.15. The molecule has 27 heavy (non-hydrogen) atoms. The number of para-hydroxylation sites is 1. The van der Waals surface area contributed by atoms with Crippen LogP contribution >= 0.6 is 0 Å². The number of ether oxygens (including phenoxy) is 1. The Morgan fingerprint density at radius 2 is 1.93 bits per heavy atom. The van der Waals surface area contributed by atoms with Gasteiger partial charge in [-0.2, -0.15) is 0 Å². The Kier molecular flexibility index (Phi) is 7.15. The van der Waals surface area contributed by atoms with Gasteiger partial charge in [-0.1, -0.05) is 18.2 Å². The first-order chi connectivity index (χ1) is 13.1. The fraction of sp³-hybridized carbons (Fsp3) is 0.524. The predicted octanol–water partition coefficient (Wildman–Crippen LogP) is 2.30. The molecule has 0 bridgehead atoms. The minimum absolute atomic E-state index is 0.214. The molecule has 1 atom stereocenters. The molecule has 0 aliphatic carbocycles. The molecule has 2 aromatic rings. The first-order valence-corrected chi connectivity index (χ1v) is 9.71. The van der Waals surface area contributed by atoms with Crippen molar-refractivity contribution in [3.05, 3.63) is 54.1 Å². The van der Waals surface area contributed by atoms with E-state index in [-0.39, 0.29) is 6.04 Å². The van der Waals surface area contributed by atoms with Crippen LogP contribution in [0.25, 0.3) is 0 Å². The molecule has 1 aliphatic heterocycles. The molecule has 1 saturated heterocycles. The summed E-state index contributed by atoms with van der Waals surface area (Å²) in [6.07, 6.45) is 3.40. The third kappa shape index (κ3) is 5.73. The fourth-order valence-corrected chi connectivity index (χ4v) is 3.31. The second kappa shape index (κ2) is 9.78. The maximum absolute atomic E-state index is 6.15. The molecule has 0 radical (unpaired) electrons. The van der Waals surface area contributed by atoms with Gasteiger partial charge in [0.2, 0.25) is 0 Å². The average molecular weight is 370 g/mol. The highest BCUT2D eigenvalue weighted by Crippen LogP contribution is 2.24. The van der Waals surface area contributed by atoms with Gasteiger partial charge in [0.15, 0.2) is 0 Å². The molecule has 0 saturated carbocycles. The van der Waals surface area contributed by atoms with Crippen LogP contribution in [-0.2, 0) is 6.54 Å². The summed E-state index contributed by atoms with van der Waals surface area (Å²) in [5.74, 6) is 0.980. The van der Waals surface area contributed by atoms with Crippen molar-refractivity contribution in [3.63, 3.8) is 0 Å². The molecule has 0 amide bonds. The molecule has 1 fully saturated rings. The van der Waals surface area contributed by atoms with Crippen molar-refractivity contribution >= 4 is 0 Å². The summed E-state index contributed by atoms with van der Waals surface area (Å²) in [7, 11) is 4.30. The Bertz CT molecular complexity index is 688. The number of rotatable bonds is 8.